The highest BCUT2D eigenvalue weighted by molar-refractivity contribution is 5.80. The van der Waals surface area contributed by atoms with E-state index in [1.165, 1.54) is 19.3 Å². The molecule has 0 spiro atoms. The van der Waals surface area contributed by atoms with Crippen molar-refractivity contribution in [3.05, 3.63) is 96.3 Å². The van der Waals surface area contributed by atoms with Crippen LogP contribution in [0, 0.1) is 0 Å². The summed E-state index contributed by atoms with van der Waals surface area (Å²) in [6.07, 6.45) is 16.5. The Labute approximate surface area is 214 Å². The summed E-state index contributed by atoms with van der Waals surface area (Å²) in [5, 5.41) is 6.32. The van der Waals surface area contributed by atoms with E-state index in [-0.39, 0.29) is 0 Å². The Morgan fingerprint density at radius 2 is 1.51 bits per heavy atom. The Kier molecular flexibility index (Phi) is 20.4. The first-order valence-electron chi connectivity index (χ1n) is 12.5. The van der Waals surface area contributed by atoms with Crippen molar-refractivity contribution in [3.8, 4) is 5.75 Å². The molecule has 4 heteroatoms. The van der Waals surface area contributed by atoms with E-state index in [0.29, 0.717) is 0 Å². The number of hydrogen-bond acceptors (Lipinski definition) is 4. The van der Waals surface area contributed by atoms with Gasteiger partial charge in [-0.25, -0.2) is 0 Å². The van der Waals surface area contributed by atoms with E-state index in [1.807, 2.05) is 131 Å². The highest BCUT2D eigenvalue weighted by atomic mass is 16.5. The van der Waals surface area contributed by atoms with Gasteiger partial charge in [-0.1, -0.05) is 62.6 Å². The third-order valence-electron chi connectivity index (χ3n) is 4.84. The summed E-state index contributed by atoms with van der Waals surface area (Å²) in [5.74, 6) is 1.84. The Bertz CT molecular complexity index is 847. The zero-order chi connectivity index (χ0) is 26.2. The third kappa shape index (κ3) is 16.9. The number of anilines is 1. The molecule has 2 aromatic carbocycles. The first-order valence-corrected chi connectivity index (χ1v) is 12.5. The maximum Gasteiger partial charge on any atom is 0.119 e. The minimum absolute atomic E-state index is 0.796. The molecule has 2 aromatic rings. The van der Waals surface area contributed by atoms with Crippen molar-refractivity contribution in [1.82, 2.24) is 0 Å². The second kappa shape index (κ2) is 22.5. The molecule has 0 fully saturated rings. The second-order valence-corrected chi connectivity index (χ2v) is 7.64. The van der Waals surface area contributed by atoms with E-state index in [0.717, 1.165) is 35.8 Å². The quantitative estimate of drug-likeness (QED) is 0.0808. The summed E-state index contributed by atoms with van der Waals surface area (Å²) < 4.78 is 10.7. The van der Waals surface area contributed by atoms with Crippen LogP contribution in [0.2, 0.25) is 0 Å². The number of benzene rings is 2. The van der Waals surface area contributed by atoms with E-state index >= 15 is 0 Å². The van der Waals surface area contributed by atoms with Gasteiger partial charge < -0.3 is 9.47 Å². The Morgan fingerprint density at radius 1 is 0.857 bits per heavy atom. The monoisotopic (exact) mass is 478 g/mol. The molecule has 0 saturated heterocycles. The SMILES string of the molecule is C/C=C\C.C/C=C\C(=C/C)OC.CCCCCCOc1ccc(C=NN(C)c2ccccc2)cc1. The number of ether oxygens (including phenoxy) is 2. The molecule has 0 bridgehead atoms. The van der Waals surface area contributed by atoms with Crippen LogP contribution in [-0.2, 0) is 4.74 Å². The number of rotatable bonds is 11. The molecule has 0 aliphatic heterocycles. The lowest BCUT2D eigenvalue weighted by Gasteiger charge is -2.12. The number of methoxy groups -OCH3 is 1. The molecule has 0 unspecified atom stereocenters. The van der Waals surface area contributed by atoms with Crippen LogP contribution in [0.4, 0.5) is 5.69 Å². The molecule has 0 aromatic heterocycles. The molecule has 0 radical (unpaired) electrons. The molecule has 0 saturated carbocycles. The van der Waals surface area contributed by atoms with Crippen LogP contribution >= 0.6 is 0 Å². The minimum Gasteiger partial charge on any atom is -0.497 e. The van der Waals surface area contributed by atoms with Crippen molar-refractivity contribution in [2.24, 2.45) is 5.10 Å². The molecule has 4 nitrogen and oxygen atoms in total. The average molecular weight is 479 g/mol. The van der Waals surface area contributed by atoms with E-state index in [1.54, 1.807) is 7.11 Å². The predicted molar refractivity (Wildman–Crippen MR) is 155 cm³/mol. The van der Waals surface area contributed by atoms with E-state index in [4.69, 9.17) is 9.47 Å². The standard InChI is InChI=1S/C20H26N2O.C7H12O.C4H8/c1-3-4-5-9-16-23-20-14-12-18(13-15-20)17-21-22(2)19-10-7-6-8-11-19;1-4-6-7(5-2)8-3;1-3-4-2/h6-8,10-15,17H,3-5,9,16H2,1-2H3;4-6H,1-3H3;3-4H,1-2H3/b;6-4-,7-5+;4-3-. The number of allylic oxidation sites excluding steroid dienone is 5. The second-order valence-electron chi connectivity index (χ2n) is 7.64. The van der Waals surface area contributed by atoms with Gasteiger partial charge in [0.15, 0.2) is 0 Å². The average Bonchev–Trinajstić information content (AvgIpc) is 2.92. The number of hydrazone groups is 1. The van der Waals surface area contributed by atoms with Crippen LogP contribution in [0.15, 0.2) is 95.8 Å². The topological polar surface area (TPSA) is 34.1 Å². The number of para-hydroxylation sites is 1. The van der Waals surface area contributed by atoms with Gasteiger partial charge in [0.25, 0.3) is 0 Å². The van der Waals surface area contributed by atoms with Crippen LogP contribution in [-0.4, -0.2) is 27.0 Å². The summed E-state index contributed by atoms with van der Waals surface area (Å²) in [4.78, 5) is 0. The number of hydrogen-bond donors (Lipinski definition) is 0. The summed E-state index contributed by atoms with van der Waals surface area (Å²) in [7, 11) is 3.61. The first kappa shape index (κ1) is 31.7. The minimum atomic E-state index is 0.796. The fraction of sp³-hybridized carbons (Fsp3) is 0.387. The summed E-state index contributed by atoms with van der Waals surface area (Å²) in [6, 6.07) is 18.2. The van der Waals surface area contributed by atoms with E-state index < -0.39 is 0 Å². The van der Waals surface area contributed by atoms with Gasteiger partial charge in [-0.2, -0.15) is 5.10 Å². The van der Waals surface area contributed by atoms with Crippen molar-refractivity contribution in [3.63, 3.8) is 0 Å². The van der Waals surface area contributed by atoms with Crippen LogP contribution in [0.25, 0.3) is 0 Å². The van der Waals surface area contributed by atoms with Gasteiger partial charge in [-0.3, -0.25) is 5.01 Å². The van der Waals surface area contributed by atoms with Crippen molar-refractivity contribution in [2.75, 3.05) is 25.8 Å². The molecule has 0 atom stereocenters. The van der Waals surface area contributed by atoms with Gasteiger partial charge in [-0.05, 0) is 88.2 Å². The molecule has 0 aliphatic carbocycles. The van der Waals surface area contributed by atoms with Crippen molar-refractivity contribution in [1.29, 1.82) is 0 Å². The highest BCUT2D eigenvalue weighted by Crippen LogP contribution is 2.14. The van der Waals surface area contributed by atoms with Crippen molar-refractivity contribution >= 4 is 11.9 Å². The number of nitrogens with zero attached hydrogens (tertiary/aromatic N) is 2. The Morgan fingerprint density at radius 3 is 2.00 bits per heavy atom. The van der Waals surface area contributed by atoms with Crippen LogP contribution in [0.1, 0.15) is 65.9 Å². The lowest BCUT2D eigenvalue weighted by atomic mass is 10.2. The fourth-order valence-electron chi connectivity index (χ4n) is 2.68. The van der Waals surface area contributed by atoms with E-state index in [9.17, 15) is 0 Å². The molecule has 0 heterocycles. The summed E-state index contributed by atoms with van der Waals surface area (Å²) >= 11 is 0. The Balaban J connectivity index is 0.000000801. The lowest BCUT2D eigenvalue weighted by molar-refractivity contribution is 0.305. The van der Waals surface area contributed by atoms with Crippen LogP contribution in [0.3, 0.4) is 0 Å². The zero-order valence-corrected chi connectivity index (χ0v) is 22.9. The maximum absolute atomic E-state index is 5.75. The van der Waals surface area contributed by atoms with Gasteiger partial charge >= 0.3 is 0 Å². The normalized spacial score (nSPS) is 11.1. The van der Waals surface area contributed by atoms with Gasteiger partial charge in [-0.15, -0.1) is 0 Å². The van der Waals surface area contributed by atoms with Gasteiger partial charge in [0, 0.05) is 7.05 Å². The molecular weight excluding hydrogens is 432 g/mol. The molecule has 0 aliphatic rings. The van der Waals surface area contributed by atoms with Crippen molar-refractivity contribution < 1.29 is 9.47 Å². The molecule has 0 N–H and O–H groups in total. The molecule has 35 heavy (non-hydrogen) atoms. The first-order chi connectivity index (χ1) is 17.1. The maximum atomic E-state index is 5.75. The van der Waals surface area contributed by atoms with Gasteiger partial charge in [0.05, 0.1) is 25.6 Å². The van der Waals surface area contributed by atoms with Crippen molar-refractivity contribution in [2.45, 2.75) is 60.3 Å². The Hall–Kier alpha value is -3.27. The predicted octanol–water partition coefficient (Wildman–Crippen LogP) is 8.81. The largest absolute Gasteiger partial charge is 0.497 e. The summed E-state index contributed by atoms with van der Waals surface area (Å²) in [5.41, 5.74) is 2.13. The highest BCUT2D eigenvalue weighted by Gasteiger charge is 1.97. The van der Waals surface area contributed by atoms with Crippen LogP contribution < -0.4 is 9.75 Å². The van der Waals surface area contributed by atoms with Crippen LogP contribution in [0.5, 0.6) is 5.75 Å². The third-order valence-corrected chi connectivity index (χ3v) is 4.84. The molecule has 0 amide bonds. The zero-order valence-electron chi connectivity index (χ0n) is 22.9. The molecule has 192 valence electrons. The molecular formula is C31H46N2O2. The molecule has 2 rings (SSSR count). The van der Waals surface area contributed by atoms with Gasteiger partial charge in [0.1, 0.15) is 11.5 Å². The summed E-state index contributed by atoms with van der Waals surface area (Å²) in [6.45, 7) is 10.9. The van der Waals surface area contributed by atoms with Gasteiger partial charge in [0.2, 0.25) is 0 Å². The van der Waals surface area contributed by atoms with E-state index in [2.05, 4.69) is 12.0 Å². The fourth-order valence-corrected chi connectivity index (χ4v) is 2.68. The lowest BCUT2D eigenvalue weighted by Crippen LogP contribution is -2.08. The number of unbranched alkanes of at least 4 members (excludes halogenated alkanes) is 3. The smallest absolute Gasteiger partial charge is 0.119 e.